The van der Waals surface area contributed by atoms with Crippen molar-refractivity contribution in [2.45, 2.75) is 38.1 Å². The summed E-state index contributed by atoms with van der Waals surface area (Å²) in [6.07, 6.45) is 4.49. The van der Waals surface area contributed by atoms with Gasteiger partial charge in [-0.25, -0.2) is 0 Å². The summed E-state index contributed by atoms with van der Waals surface area (Å²) >= 11 is 1.90. The monoisotopic (exact) mass is 294 g/mol. The molecule has 1 amide bonds. The molecule has 0 fully saturated rings. The molecule has 0 aliphatic carbocycles. The summed E-state index contributed by atoms with van der Waals surface area (Å²) in [6, 6.07) is 9.76. The second kappa shape index (κ2) is 9.03. The fourth-order valence-corrected chi connectivity index (χ4v) is 3.37. The first-order chi connectivity index (χ1) is 9.67. The van der Waals surface area contributed by atoms with Gasteiger partial charge in [-0.1, -0.05) is 50.1 Å². The van der Waals surface area contributed by atoms with E-state index in [9.17, 15) is 4.79 Å². The third-order valence-electron chi connectivity index (χ3n) is 3.63. The van der Waals surface area contributed by atoms with Crippen molar-refractivity contribution in [3.05, 3.63) is 35.9 Å². The molecule has 1 rings (SSSR count). The van der Waals surface area contributed by atoms with Gasteiger partial charge in [0.05, 0.1) is 0 Å². The van der Waals surface area contributed by atoms with Crippen molar-refractivity contribution in [2.75, 3.05) is 18.6 Å². The minimum Gasteiger partial charge on any atom is -0.368 e. The molecule has 0 aliphatic heterocycles. The Morgan fingerprint density at radius 2 is 1.95 bits per heavy atom. The van der Waals surface area contributed by atoms with Crippen molar-refractivity contribution in [1.29, 1.82) is 0 Å². The average molecular weight is 294 g/mol. The highest BCUT2D eigenvalue weighted by atomic mass is 32.2. The van der Waals surface area contributed by atoms with E-state index in [-0.39, 0.29) is 5.91 Å². The maximum Gasteiger partial charge on any atom is 0.242 e. The van der Waals surface area contributed by atoms with E-state index in [2.05, 4.69) is 12.2 Å². The minimum atomic E-state index is -0.751. The normalized spacial score (nSPS) is 13.9. The van der Waals surface area contributed by atoms with Crippen molar-refractivity contribution in [3.8, 4) is 0 Å². The topological polar surface area (TPSA) is 55.1 Å². The summed E-state index contributed by atoms with van der Waals surface area (Å²) in [6.45, 7) is 2.21. The second-order valence-electron chi connectivity index (χ2n) is 4.96. The molecule has 1 unspecified atom stereocenters. The molecule has 0 saturated carbocycles. The van der Waals surface area contributed by atoms with Gasteiger partial charge in [-0.15, -0.1) is 0 Å². The highest BCUT2D eigenvalue weighted by Gasteiger charge is 2.36. The van der Waals surface area contributed by atoms with Crippen molar-refractivity contribution in [1.82, 2.24) is 5.32 Å². The van der Waals surface area contributed by atoms with Gasteiger partial charge in [0.15, 0.2) is 0 Å². The van der Waals surface area contributed by atoms with Gasteiger partial charge in [0.2, 0.25) is 5.91 Å². The maximum atomic E-state index is 12.0. The molecule has 3 nitrogen and oxygen atoms in total. The van der Waals surface area contributed by atoms with Crippen LogP contribution in [0.1, 0.15) is 38.2 Å². The lowest BCUT2D eigenvalue weighted by atomic mass is 9.86. The number of carbonyl (C=O) groups excluding carboxylic acids is 1. The van der Waals surface area contributed by atoms with E-state index in [0.29, 0.717) is 0 Å². The standard InChI is InChI=1S/C16H26N2OS/c1-3-4-8-12-20-13-11-16(18-2,15(17)19)14-9-6-5-7-10-14/h5-7,9-10,18H,3-4,8,11-13H2,1-2H3,(H2,17,19). The summed E-state index contributed by atoms with van der Waals surface area (Å²) in [4.78, 5) is 12.0. The predicted molar refractivity (Wildman–Crippen MR) is 87.8 cm³/mol. The van der Waals surface area contributed by atoms with Crippen molar-refractivity contribution >= 4 is 17.7 Å². The first kappa shape index (κ1) is 17.1. The maximum absolute atomic E-state index is 12.0. The van der Waals surface area contributed by atoms with E-state index < -0.39 is 5.54 Å². The Morgan fingerprint density at radius 3 is 2.50 bits per heavy atom. The molecule has 112 valence electrons. The van der Waals surface area contributed by atoms with E-state index in [4.69, 9.17) is 5.73 Å². The molecule has 20 heavy (non-hydrogen) atoms. The fraction of sp³-hybridized carbons (Fsp3) is 0.562. The van der Waals surface area contributed by atoms with E-state index in [1.54, 1.807) is 7.05 Å². The molecule has 0 bridgehead atoms. The van der Waals surface area contributed by atoms with Gasteiger partial charge >= 0.3 is 0 Å². The number of unbranched alkanes of at least 4 members (excludes halogenated alkanes) is 2. The Hall–Kier alpha value is -1.00. The lowest BCUT2D eigenvalue weighted by molar-refractivity contribution is -0.124. The summed E-state index contributed by atoms with van der Waals surface area (Å²) in [5.74, 6) is 1.78. The number of thioether (sulfide) groups is 1. The van der Waals surface area contributed by atoms with Crippen LogP contribution >= 0.6 is 11.8 Å². The lowest BCUT2D eigenvalue weighted by Crippen LogP contribution is -2.51. The molecule has 1 aromatic carbocycles. The number of carbonyl (C=O) groups is 1. The summed E-state index contributed by atoms with van der Waals surface area (Å²) in [5, 5.41) is 3.15. The summed E-state index contributed by atoms with van der Waals surface area (Å²) < 4.78 is 0. The van der Waals surface area contributed by atoms with Crippen LogP contribution in [0.15, 0.2) is 30.3 Å². The van der Waals surface area contributed by atoms with Crippen molar-refractivity contribution < 1.29 is 4.79 Å². The van der Waals surface area contributed by atoms with Gasteiger partial charge < -0.3 is 11.1 Å². The smallest absolute Gasteiger partial charge is 0.242 e. The van der Waals surface area contributed by atoms with Crippen LogP contribution in [0.25, 0.3) is 0 Å². The van der Waals surface area contributed by atoms with Gasteiger partial charge in [0.25, 0.3) is 0 Å². The van der Waals surface area contributed by atoms with Crippen LogP contribution in [0.3, 0.4) is 0 Å². The largest absolute Gasteiger partial charge is 0.368 e. The molecule has 0 saturated heterocycles. The van der Waals surface area contributed by atoms with Gasteiger partial charge in [-0.2, -0.15) is 11.8 Å². The number of nitrogens with two attached hydrogens (primary N) is 1. The number of primary amides is 1. The molecule has 1 atom stereocenters. The predicted octanol–water partition coefficient (Wildman–Crippen LogP) is 2.90. The van der Waals surface area contributed by atoms with Crippen LogP contribution in [0.4, 0.5) is 0 Å². The Bertz CT molecular complexity index is 397. The van der Waals surface area contributed by atoms with Crippen molar-refractivity contribution in [3.63, 3.8) is 0 Å². The van der Waals surface area contributed by atoms with E-state index in [1.165, 1.54) is 19.3 Å². The van der Waals surface area contributed by atoms with E-state index in [1.807, 2.05) is 42.1 Å². The zero-order valence-corrected chi connectivity index (χ0v) is 13.3. The Morgan fingerprint density at radius 1 is 1.25 bits per heavy atom. The minimum absolute atomic E-state index is 0.305. The number of nitrogens with one attached hydrogen (secondary N) is 1. The highest BCUT2D eigenvalue weighted by molar-refractivity contribution is 7.99. The molecule has 0 heterocycles. The number of likely N-dealkylation sites (N-methyl/N-ethyl adjacent to an activating group) is 1. The zero-order valence-electron chi connectivity index (χ0n) is 12.5. The number of hydrogen-bond donors (Lipinski definition) is 2. The molecular formula is C16H26N2OS. The zero-order chi connectivity index (χ0) is 14.8. The quantitative estimate of drug-likeness (QED) is 0.652. The van der Waals surface area contributed by atoms with Crippen LogP contribution in [0, 0.1) is 0 Å². The number of amides is 1. The van der Waals surface area contributed by atoms with Crippen LogP contribution < -0.4 is 11.1 Å². The van der Waals surface area contributed by atoms with Gasteiger partial charge in [-0.05, 0) is 37.0 Å². The van der Waals surface area contributed by atoms with Crippen LogP contribution in [0.5, 0.6) is 0 Å². The molecule has 0 spiro atoms. The lowest BCUT2D eigenvalue weighted by Gasteiger charge is -2.30. The number of hydrogen-bond acceptors (Lipinski definition) is 3. The number of rotatable bonds is 10. The van der Waals surface area contributed by atoms with Gasteiger partial charge in [0.1, 0.15) is 5.54 Å². The molecule has 4 heteroatoms. The Balaban J connectivity index is 2.64. The summed E-state index contributed by atoms with van der Waals surface area (Å²) in [5.41, 5.74) is 5.86. The molecule has 0 aromatic heterocycles. The van der Waals surface area contributed by atoms with Crippen LogP contribution in [-0.4, -0.2) is 24.5 Å². The molecular weight excluding hydrogens is 268 g/mol. The van der Waals surface area contributed by atoms with E-state index >= 15 is 0 Å². The van der Waals surface area contributed by atoms with E-state index in [0.717, 1.165) is 23.5 Å². The number of benzene rings is 1. The SMILES string of the molecule is CCCCCSCCC(NC)(C(N)=O)c1ccccc1. The highest BCUT2D eigenvalue weighted by Crippen LogP contribution is 2.26. The fourth-order valence-electron chi connectivity index (χ4n) is 2.31. The van der Waals surface area contributed by atoms with Gasteiger partial charge in [-0.3, -0.25) is 4.79 Å². The Kier molecular flexibility index (Phi) is 7.70. The molecule has 0 aliphatic rings. The van der Waals surface area contributed by atoms with Crippen LogP contribution in [0.2, 0.25) is 0 Å². The van der Waals surface area contributed by atoms with Crippen molar-refractivity contribution in [2.24, 2.45) is 5.73 Å². The van der Waals surface area contributed by atoms with Crippen LogP contribution in [-0.2, 0) is 10.3 Å². The van der Waals surface area contributed by atoms with Gasteiger partial charge in [0, 0.05) is 0 Å². The first-order valence-electron chi connectivity index (χ1n) is 7.29. The average Bonchev–Trinajstić information content (AvgIpc) is 2.47. The molecule has 0 radical (unpaired) electrons. The molecule has 1 aromatic rings. The Labute approximate surface area is 126 Å². The first-order valence-corrected chi connectivity index (χ1v) is 8.45. The molecule has 3 N–H and O–H groups in total. The third-order valence-corrected chi connectivity index (χ3v) is 4.70. The second-order valence-corrected chi connectivity index (χ2v) is 6.18. The summed E-state index contributed by atoms with van der Waals surface area (Å²) in [7, 11) is 1.81. The third kappa shape index (κ3) is 4.53.